The molecule has 0 aliphatic heterocycles. The third kappa shape index (κ3) is 3.25. The number of aromatic nitrogens is 2. The van der Waals surface area contributed by atoms with Gasteiger partial charge in [0.25, 0.3) is 10.0 Å². The van der Waals surface area contributed by atoms with E-state index < -0.39 is 31.9 Å². The first kappa shape index (κ1) is 17.5. The van der Waals surface area contributed by atoms with Gasteiger partial charge in [-0.2, -0.15) is 0 Å². The molecule has 1 heterocycles. The molecule has 0 saturated heterocycles. The van der Waals surface area contributed by atoms with Gasteiger partial charge in [0, 0.05) is 11.8 Å². The van der Waals surface area contributed by atoms with Gasteiger partial charge in [-0.1, -0.05) is 6.07 Å². The van der Waals surface area contributed by atoms with Gasteiger partial charge in [-0.05, 0) is 55.0 Å². The SMILES string of the molecule is O=c1[nH]c2cc(F)c(S(=O)(=O)Nc3ccc4c(c3)CCCC4)cc2[nH]c1=O. The van der Waals surface area contributed by atoms with Gasteiger partial charge in [-0.15, -0.1) is 0 Å². The van der Waals surface area contributed by atoms with Gasteiger partial charge in [0.2, 0.25) is 0 Å². The van der Waals surface area contributed by atoms with Crippen molar-refractivity contribution in [2.45, 2.75) is 30.6 Å². The quantitative estimate of drug-likeness (QED) is 0.595. The number of rotatable bonds is 3. The Labute approximate surface area is 153 Å². The summed E-state index contributed by atoms with van der Waals surface area (Å²) in [5.41, 5.74) is 0.775. The molecule has 140 valence electrons. The average molecular weight is 389 g/mol. The number of fused-ring (bicyclic) bond motifs is 2. The molecule has 2 aromatic carbocycles. The van der Waals surface area contributed by atoms with E-state index in [0.717, 1.165) is 43.4 Å². The summed E-state index contributed by atoms with van der Waals surface area (Å²) in [5, 5.41) is 0. The lowest BCUT2D eigenvalue weighted by Gasteiger charge is -2.17. The molecule has 0 spiro atoms. The maximum Gasteiger partial charge on any atom is 0.314 e. The molecular formula is C18H16FN3O4S. The van der Waals surface area contributed by atoms with E-state index in [0.29, 0.717) is 5.69 Å². The van der Waals surface area contributed by atoms with Crippen LogP contribution in [0.2, 0.25) is 0 Å². The first-order valence-electron chi connectivity index (χ1n) is 8.44. The minimum Gasteiger partial charge on any atom is -0.316 e. The number of hydrogen-bond acceptors (Lipinski definition) is 4. The van der Waals surface area contributed by atoms with Crippen molar-refractivity contribution < 1.29 is 12.8 Å². The smallest absolute Gasteiger partial charge is 0.314 e. The number of sulfonamides is 1. The van der Waals surface area contributed by atoms with Crippen molar-refractivity contribution in [2.24, 2.45) is 0 Å². The van der Waals surface area contributed by atoms with E-state index in [1.807, 2.05) is 6.07 Å². The predicted octanol–water partition coefficient (Wildman–Crippen LogP) is 2.04. The molecule has 0 radical (unpaired) electrons. The first-order valence-corrected chi connectivity index (χ1v) is 9.92. The second-order valence-corrected chi connectivity index (χ2v) is 8.18. The van der Waals surface area contributed by atoms with Gasteiger partial charge in [0.1, 0.15) is 10.7 Å². The molecule has 0 fully saturated rings. The zero-order valence-electron chi connectivity index (χ0n) is 14.1. The molecule has 0 atom stereocenters. The third-order valence-electron chi connectivity index (χ3n) is 4.66. The Kier molecular flexibility index (Phi) is 4.11. The summed E-state index contributed by atoms with van der Waals surface area (Å²) in [6.07, 6.45) is 4.01. The third-order valence-corrected chi connectivity index (χ3v) is 6.06. The lowest BCUT2D eigenvalue weighted by atomic mass is 9.91. The van der Waals surface area contributed by atoms with Crippen LogP contribution in [0.5, 0.6) is 0 Å². The summed E-state index contributed by atoms with van der Waals surface area (Å²) in [6, 6.07) is 7.16. The summed E-state index contributed by atoms with van der Waals surface area (Å²) >= 11 is 0. The number of H-pyrrole nitrogens is 2. The highest BCUT2D eigenvalue weighted by Gasteiger charge is 2.21. The standard InChI is InChI=1S/C18H16FN3O4S/c19-13-8-14-15(21-18(24)17(23)20-14)9-16(13)27(25,26)22-12-6-5-10-3-1-2-4-11(10)7-12/h5-9,22H,1-4H2,(H,20,23)(H,21,24). The number of aromatic amines is 2. The number of hydrogen-bond donors (Lipinski definition) is 3. The molecule has 0 saturated carbocycles. The van der Waals surface area contributed by atoms with E-state index in [2.05, 4.69) is 14.7 Å². The fourth-order valence-corrected chi connectivity index (χ4v) is 4.47. The van der Waals surface area contributed by atoms with Crippen LogP contribution >= 0.6 is 0 Å². The highest BCUT2D eigenvalue weighted by Crippen LogP contribution is 2.27. The zero-order valence-corrected chi connectivity index (χ0v) is 15.0. The van der Waals surface area contributed by atoms with Gasteiger partial charge in [0.05, 0.1) is 11.0 Å². The Hall–Kier alpha value is -2.94. The van der Waals surface area contributed by atoms with Crippen LogP contribution in [0.15, 0.2) is 44.8 Å². The number of nitrogens with one attached hydrogen (secondary N) is 3. The lowest BCUT2D eigenvalue weighted by Crippen LogP contribution is -2.29. The number of halogens is 1. The van der Waals surface area contributed by atoms with Crippen LogP contribution in [0.25, 0.3) is 11.0 Å². The van der Waals surface area contributed by atoms with Crippen molar-refractivity contribution in [3.63, 3.8) is 0 Å². The number of aryl methyl sites for hydroxylation is 2. The average Bonchev–Trinajstić information content (AvgIpc) is 2.62. The van der Waals surface area contributed by atoms with Crippen LogP contribution in [-0.2, 0) is 22.9 Å². The maximum absolute atomic E-state index is 14.4. The van der Waals surface area contributed by atoms with Crippen molar-refractivity contribution in [3.8, 4) is 0 Å². The zero-order chi connectivity index (χ0) is 19.2. The van der Waals surface area contributed by atoms with Crippen LogP contribution < -0.4 is 15.8 Å². The Bertz CT molecular complexity index is 1280. The van der Waals surface area contributed by atoms with Crippen molar-refractivity contribution in [2.75, 3.05) is 4.72 Å². The minimum absolute atomic E-state index is 0.00447. The highest BCUT2D eigenvalue weighted by molar-refractivity contribution is 7.92. The van der Waals surface area contributed by atoms with Crippen LogP contribution in [0, 0.1) is 5.82 Å². The van der Waals surface area contributed by atoms with E-state index in [1.54, 1.807) is 12.1 Å². The normalized spacial score (nSPS) is 14.1. The van der Waals surface area contributed by atoms with E-state index in [-0.39, 0.29) is 11.0 Å². The van der Waals surface area contributed by atoms with Gasteiger partial charge in [-0.25, -0.2) is 12.8 Å². The highest BCUT2D eigenvalue weighted by atomic mass is 32.2. The molecule has 1 aromatic heterocycles. The Morgan fingerprint density at radius 2 is 1.52 bits per heavy atom. The topological polar surface area (TPSA) is 112 Å². The Balaban J connectivity index is 1.75. The van der Waals surface area contributed by atoms with E-state index in [9.17, 15) is 22.4 Å². The molecule has 1 aliphatic carbocycles. The molecule has 0 unspecified atom stereocenters. The molecule has 3 N–H and O–H groups in total. The molecule has 4 rings (SSSR count). The van der Waals surface area contributed by atoms with Crippen LogP contribution in [0.1, 0.15) is 24.0 Å². The molecule has 27 heavy (non-hydrogen) atoms. The molecule has 9 heteroatoms. The number of anilines is 1. The van der Waals surface area contributed by atoms with Gasteiger partial charge < -0.3 is 9.97 Å². The summed E-state index contributed by atoms with van der Waals surface area (Å²) in [5.74, 6) is -1.03. The van der Waals surface area contributed by atoms with Gasteiger partial charge >= 0.3 is 11.1 Å². The molecule has 0 amide bonds. The largest absolute Gasteiger partial charge is 0.316 e. The predicted molar refractivity (Wildman–Crippen MR) is 99.0 cm³/mol. The second kappa shape index (κ2) is 6.34. The van der Waals surface area contributed by atoms with Crippen molar-refractivity contribution >= 4 is 26.7 Å². The Morgan fingerprint density at radius 1 is 0.889 bits per heavy atom. The second-order valence-electron chi connectivity index (χ2n) is 6.53. The monoisotopic (exact) mass is 389 g/mol. The fraction of sp³-hybridized carbons (Fsp3) is 0.222. The molecule has 7 nitrogen and oxygen atoms in total. The summed E-state index contributed by atoms with van der Waals surface area (Å²) in [6.45, 7) is 0. The van der Waals surface area contributed by atoms with Crippen LogP contribution in [-0.4, -0.2) is 18.4 Å². The Morgan fingerprint density at radius 3 is 2.22 bits per heavy atom. The van der Waals surface area contributed by atoms with E-state index in [1.165, 1.54) is 5.56 Å². The maximum atomic E-state index is 14.4. The first-order chi connectivity index (χ1) is 12.8. The van der Waals surface area contributed by atoms with E-state index >= 15 is 0 Å². The molecular weight excluding hydrogens is 373 g/mol. The molecule has 1 aliphatic rings. The van der Waals surface area contributed by atoms with Crippen molar-refractivity contribution in [1.82, 2.24) is 9.97 Å². The van der Waals surface area contributed by atoms with Crippen LogP contribution in [0.4, 0.5) is 10.1 Å². The number of benzene rings is 2. The molecule has 0 bridgehead atoms. The fourth-order valence-electron chi connectivity index (χ4n) is 3.33. The van der Waals surface area contributed by atoms with E-state index in [4.69, 9.17) is 0 Å². The van der Waals surface area contributed by atoms with Gasteiger partial charge in [-0.3, -0.25) is 14.3 Å². The lowest BCUT2D eigenvalue weighted by molar-refractivity contribution is 0.571. The summed E-state index contributed by atoms with van der Waals surface area (Å²) < 4.78 is 42.1. The van der Waals surface area contributed by atoms with Gasteiger partial charge in [0.15, 0.2) is 0 Å². The minimum atomic E-state index is -4.22. The van der Waals surface area contributed by atoms with Crippen molar-refractivity contribution in [1.29, 1.82) is 0 Å². The summed E-state index contributed by atoms with van der Waals surface area (Å²) in [4.78, 5) is 26.6. The van der Waals surface area contributed by atoms with Crippen LogP contribution in [0.3, 0.4) is 0 Å². The molecule has 3 aromatic rings. The summed E-state index contributed by atoms with van der Waals surface area (Å²) in [7, 11) is -4.22. The van der Waals surface area contributed by atoms with Crippen molar-refractivity contribution in [3.05, 3.63) is 68.0 Å².